The maximum atomic E-state index is 11.6. The van der Waals surface area contributed by atoms with Gasteiger partial charge in [-0.2, -0.15) is 0 Å². The van der Waals surface area contributed by atoms with Crippen molar-refractivity contribution >= 4 is 5.97 Å². The van der Waals surface area contributed by atoms with Gasteiger partial charge in [0.05, 0.1) is 18.7 Å². The molecule has 0 unspecified atom stereocenters. The first-order valence-electron chi connectivity index (χ1n) is 6.39. The molecule has 5 heteroatoms. The molecule has 0 aromatic carbocycles. The van der Waals surface area contributed by atoms with Gasteiger partial charge >= 0.3 is 5.97 Å². The van der Waals surface area contributed by atoms with E-state index >= 15 is 0 Å². The Morgan fingerprint density at radius 1 is 1.33 bits per heavy atom. The molecule has 0 spiro atoms. The highest BCUT2D eigenvalue weighted by molar-refractivity contribution is 5.72. The first-order chi connectivity index (χ1) is 8.79. The molecule has 0 radical (unpaired) electrons. The van der Waals surface area contributed by atoms with Crippen molar-refractivity contribution in [3.05, 3.63) is 18.6 Å². The third kappa shape index (κ3) is 3.42. The maximum Gasteiger partial charge on any atom is 0.308 e. The first kappa shape index (κ1) is 12.8. The van der Waals surface area contributed by atoms with Gasteiger partial charge in [-0.15, -0.1) is 0 Å². The number of rotatable bonds is 4. The normalized spacial score (nSPS) is 23.4. The fourth-order valence-corrected chi connectivity index (χ4v) is 2.19. The minimum absolute atomic E-state index is 0.0339. The minimum atomic E-state index is -0.0737. The zero-order valence-corrected chi connectivity index (χ0v) is 10.5. The van der Waals surface area contributed by atoms with Gasteiger partial charge in [0.2, 0.25) is 5.88 Å². The lowest BCUT2D eigenvalue weighted by molar-refractivity contribution is -0.149. The van der Waals surface area contributed by atoms with Gasteiger partial charge in [0.15, 0.2) is 0 Å². The monoisotopic (exact) mass is 250 g/mol. The molecular formula is C13H18N2O3. The van der Waals surface area contributed by atoms with Crippen molar-refractivity contribution in [1.29, 1.82) is 0 Å². The van der Waals surface area contributed by atoms with Gasteiger partial charge in [-0.25, -0.2) is 4.98 Å². The van der Waals surface area contributed by atoms with Crippen molar-refractivity contribution in [3.63, 3.8) is 0 Å². The van der Waals surface area contributed by atoms with Crippen molar-refractivity contribution in [3.8, 4) is 5.88 Å². The van der Waals surface area contributed by atoms with Gasteiger partial charge in [-0.1, -0.05) is 0 Å². The summed E-state index contributed by atoms with van der Waals surface area (Å²) in [7, 11) is 0. The lowest BCUT2D eigenvalue weighted by Gasteiger charge is -2.27. The van der Waals surface area contributed by atoms with Crippen LogP contribution < -0.4 is 4.74 Å². The second-order valence-electron chi connectivity index (χ2n) is 4.39. The molecule has 98 valence electrons. The van der Waals surface area contributed by atoms with Crippen LogP contribution in [0.4, 0.5) is 0 Å². The highest BCUT2D eigenvalue weighted by Gasteiger charge is 2.28. The van der Waals surface area contributed by atoms with Gasteiger partial charge in [-0.05, 0) is 32.6 Å². The number of hydrogen-bond acceptors (Lipinski definition) is 5. The highest BCUT2D eigenvalue weighted by Crippen LogP contribution is 2.27. The lowest BCUT2D eigenvalue weighted by atomic mass is 9.87. The van der Waals surface area contributed by atoms with E-state index in [0.717, 1.165) is 25.7 Å². The fourth-order valence-electron chi connectivity index (χ4n) is 2.19. The number of aromatic nitrogens is 2. The van der Waals surface area contributed by atoms with Gasteiger partial charge in [-0.3, -0.25) is 9.78 Å². The van der Waals surface area contributed by atoms with Gasteiger partial charge < -0.3 is 9.47 Å². The zero-order chi connectivity index (χ0) is 12.8. The highest BCUT2D eigenvalue weighted by atomic mass is 16.5. The quantitative estimate of drug-likeness (QED) is 0.765. The third-order valence-corrected chi connectivity index (χ3v) is 3.12. The molecule has 1 aromatic rings. The molecule has 18 heavy (non-hydrogen) atoms. The first-order valence-corrected chi connectivity index (χ1v) is 6.39. The number of carbonyl (C=O) groups is 1. The molecule has 2 rings (SSSR count). The van der Waals surface area contributed by atoms with Gasteiger partial charge in [0.25, 0.3) is 0 Å². The molecule has 5 nitrogen and oxygen atoms in total. The average molecular weight is 250 g/mol. The Balaban J connectivity index is 1.78. The van der Waals surface area contributed by atoms with Crippen LogP contribution in [-0.4, -0.2) is 28.6 Å². The summed E-state index contributed by atoms with van der Waals surface area (Å²) in [4.78, 5) is 19.6. The molecule has 1 saturated carbocycles. The molecule has 0 atom stereocenters. The van der Waals surface area contributed by atoms with E-state index in [-0.39, 0.29) is 18.0 Å². The van der Waals surface area contributed by atoms with E-state index in [1.165, 1.54) is 0 Å². The Kier molecular flexibility index (Phi) is 4.50. The van der Waals surface area contributed by atoms with E-state index in [1.807, 2.05) is 6.92 Å². The van der Waals surface area contributed by atoms with Crippen molar-refractivity contribution in [2.45, 2.75) is 38.7 Å². The Labute approximate surface area is 107 Å². The fraction of sp³-hybridized carbons (Fsp3) is 0.615. The van der Waals surface area contributed by atoms with E-state index in [2.05, 4.69) is 9.97 Å². The van der Waals surface area contributed by atoms with Gasteiger partial charge in [0, 0.05) is 12.4 Å². The molecule has 1 fully saturated rings. The molecule has 0 bridgehead atoms. The Bertz CT molecular complexity index is 375. The second-order valence-corrected chi connectivity index (χ2v) is 4.39. The van der Waals surface area contributed by atoms with Crippen molar-refractivity contribution in [1.82, 2.24) is 9.97 Å². The molecule has 1 aliphatic rings. The van der Waals surface area contributed by atoms with Crippen LogP contribution in [0, 0.1) is 5.92 Å². The molecule has 0 saturated heterocycles. The van der Waals surface area contributed by atoms with E-state index < -0.39 is 0 Å². The molecular weight excluding hydrogens is 232 g/mol. The summed E-state index contributed by atoms with van der Waals surface area (Å²) in [6, 6.07) is 0. The smallest absolute Gasteiger partial charge is 0.308 e. The average Bonchev–Trinajstić information content (AvgIpc) is 2.41. The van der Waals surface area contributed by atoms with Crippen LogP contribution in [0.25, 0.3) is 0 Å². The predicted molar refractivity (Wildman–Crippen MR) is 65.0 cm³/mol. The molecule has 1 heterocycles. The Hall–Kier alpha value is -1.65. The predicted octanol–water partition coefficient (Wildman–Crippen LogP) is 1.98. The van der Waals surface area contributed by atoms with Crippen molar-refractivity contribution in [2.24, 2.45) is 5.92 Å². The Morgan fingerprint density at radius 3 is 2.72 bits per heavy atom. The lowest BCUT2D eigenvalue weighted by Crippen LogP contribution is -2.29. The van der Waals surface area contributed by atoms with Crippen molar-refractivity contribution in [2.75, 3.05) is 6.61 Å². The molecule has 1 aliphatic carbocycles. The second kappa shape index (κ2) is 6.33. The largest absolute Gasteiger partial charge is 0.473 e. The number of hydrogen-bond donors (Lipinski definition) is 0. The molecule has 0 aliphatic heterocycles. The van der Waals surface area contributed by atoms with E-state index in [1.54, 1.807) is 18.6 Å². The van der Waals surface area contributed by atoms with Crippen LogP contribution in [-0.2, 0) is 9.53 Å². The Morgan fingerprint density at radius 2 is 2.11 bits per heavy atom. The van der Waals surface area contributed by atoms with Crippen LogP contribution in [0.3, 0.4) is 0 Å². The van der Waals surface area contributed by atoms with E-state index in [9.17, 15) is 4.79 Å². The third-order valence-electron chi connectivity index (χ3n) is 3.12. The van der Waals surface area contributed by atoms with Crippen LogP contribution in [0.15, 0.2) is 18.6 Å². The summed E-state index contributed by atoms with van der Waals surface area (Å²) < 4.78 is 10.8. The van der Waals surface area contributed by atoms with Crippen LogP contribution in [0.5, 0.6) is 5.88 Å². The summed E-state index contributed by atoms with van der Waals surface area (Å²) >= 11 is 0. The SMILES string of the molecule is CCOC(=O)C1CCC(Oc2cnccn2)CC1. The zero-order valence-electron chi connectivity index (χ0n) is 10.5. The number of nitrogens with zero attached hydrogens (tertiary/aromatic N) is 2. The van der Waals surface area contributed by atoms with E-state index in [0.29, 0.717) is 12.5 Å². The molecule has 0 amide bonds. The van der Waals surface area contributed by atoms with Crippen LogP contribution >= 0.6 is 0 Å². The summed E-state index contributed by atoms with van der Waals surface area (Å²) in [5.74, 6) is 0.513. The number of esters is 1. The standard InChI is InChI=1S/C13H18N2O3/c1-2-17-13(16)10-3-5-11(6-4-10)18-12-9-14-7-8-15-12/h7-11H,2-6H2,1H3. The van der Waals surface area contributed by atoms with Crippen LogP contribution in [0.1, 0.15) is 32.6 Å². The van der Waals surface area contributed by atoms with Crippen LogP contribution in [0.2, 0.25) is 0 Å². The number of ether oxygens (including phenoxy) is 2. The van der Waals surface area contributed by atoms with Gasteiger partial charge in [0.1, 0.15) is 6.10 Å². The summed E-state index contributed by atoms with van der Waals surface area (Å²) in [5.41, 5.74) is 0. The van der Waals surface area contributed by atoms with E-state index in [4.69, 9.17) is 9.47 Å². The van der Waals surface area contributed by atoms with Crippen molar-refractivity contribution < 1.29 is 14.3 Å². The maximum absolute atomic E-state index is 11.6. The summed E-state index contributed by atoms with van der Waals surface area (Å²) in [5, 5.41) is 0. The minimum Gasteiger partial charge on any atom is -0.473 e. The summed E-state index contributed by atoms with van der Waals surface area (Å²) in [6.07, 6.45) is 8.34. The molecule has 0 N–H and O–H groups in total. The molecule has 1 aromatic heterocycles. The summed E-state index contributed by atoms with van der Waals surface area (Å²) in [6.45, 7) is 2.29. The topological polar surface area (TPSA) is 61.3 Å². The number of carbonyl (C=O) groups excluding carboxylic acids is 1.